The highest BCUT2D eigenvalue weighted by Crippen LogP contribution is 2.29. The molecule has 0 bridgehead atoms. The summed E-state index contributed by atoms with van der Waals surface area (Å²) in [6, 6.07) is 12.5. The molecule has 0 aliphatic carbocycles. The van der Waals surface area contributed by atoms with Crippen LogP contribution in [0, 0.1) is 0 Å². The number of nitrogens with zero attached hydrogens (tertiary/aromatic N) is 4. The predicted molar refractivity (Wildman–Crippen MR) is 128 cm³/mol. The average molecular weight is 480 g/mol. The average Bonchev–Trinajstić information content (AvgIpc) is 3.43. The molecule has 10 nitrogen and oxygen atoms in total. The molecule has 2 aromatic carbocycles. The second-order valence-corrected chi connectivity index (χ2v) is 8.00. The van der Waals surface area contributed by atoms with E-state index in [2.05, 4.69) is 15.4 Å². The smallest absolute Gasteiger partial charge is 0.260 e. The number of amides is 2. The summed E-state index contributed by atoms with van der Waals surface area (Å²) in [7, 11) is 0. The zero-order valence-corrected chi connectivity index (χ0v) is 19.8. The van der Waals surface area contributed by atoms with Crippen molar-refractivity contribution in [1.29, 1.82) is 0 Å². The molecule has 1 N–H and O–H groups in total. The number of carbonyl (C=O) groups excluding carboxylic acids is 2. The molecule has 1 fully saturated rings. The van der Waals surface area contributed by atoms with E-state index in [1.54, 1.807) is 34.1 Å². The maximum atomic E-state index is 12.9. The molecular weight excluding hydrogens is 450 g/mol. The summed E-state index contributed by atoms with van der Waals surface area (Å²) in [4.78, 5) is 31.0. The van der Waals surface area contributed by atoms with Crippen LogP contribution in [0.25, 0.3) is 5.69 Å². The van der Waals surface area contributed by atoms with Gasteiger partial charge in [0.05, 0.1) is 31.5 Å². The molecular formula is C25H29N5O5. The Morgan fingerprint density at radius 2 is 1.86 bits per heavy atom. The molecule has 1 aromatic heterocycles. The molecule has 2 amide bonds. The molecule has 0 unspecified atom stereocenters. The fraction of sp³-hybridized carbons (Fsp3) is 0.360. The van der Waals surface area contributed by atoms with Crippen LogP contribution in [0.1, 0.15) is 35.8 Å². The summed E-state index contributed by atoms with van der Waals surface area (Å²) in [5.74, 6) is 0.484. The first kappa shape index (κ1) is 24.2. The number of ether oxygens (including phenoxy) is 3. The summed E-state index contributed by atoms with van der Waals surface area (Å²) < 4.78 is 18.4. The van der Waals surface area contributed by atoms with E-state index in [0.29, 0.717) is 50.0 Å². The molecule has 1 aliphatic heterocycles. The van der Waals surface area contributed by atoms with Crippen molar-refractivity contribution < 1.29 is 23.8 Å². The van der Waals surface area contributed by atoms with Gasteiger partial charge in [0.2, 0.25) is 0 Å². The van der Waals surface area contributed by atoms with E-state index in [1.165, 1.54) is 6.33 Å². The highest BCUT2D eigenvalue weighted by Gasteiger charge is 2.19. The van der Waals surface area contributed by atoms with Gasteiger partial charge in [-0.15, -0.1) is 0 Å². The minimum atomic E-state index is -0.241. The quantitative estimate of drug-likeness (QED) is 0.502. The van der Waals surface area contributed by atoms with Crippen LogP contribution in [0.4, 0.5) is 0 Å². The topological polar surface area (TPSA) is 108 Å². The fourth-order valence-corrected chi connectivity index (χ4v) is 3.70. The van der Waals surface area contributed by atoms with Crippen LogP contribution in [0.5, 0.6) is 11.5 Å². The molecule has 0 saturated carbocycles. The SMILES string of the molecule is CCOc1cc(C(=O)N[C@H](C)c2ccc(-n3cncn3)cc2)ccc1OCC(=O)N1CCOCC1. The van der Waals surface area contributed by atoms with Crippen molar-refractivity contribution in [2.24, 2.45) is 0 Å². The lowest BCUT2D eigenvalue weighted by Gasteiger charge is -2.26. The number of carbonyl (C=O) groups is 2. The first-order valence-electron chi connectivity index (χ1n) is 11.6. The highest BCUT2D eigenvalue weighted by atomic mass is 16.5. The lowest BCUT2D eigenvalue weighted by molar-refractivity contribution is -0.137. The normalized spacial score (nSPS) is 14.3. The monoisotopic (exact) mass is 479 g/mol. The number of hydrogen-bond acceptors (Lipinski definition) is 7. The Hall–Kier alpha value is -3.92. The van der Waals surface area contributed by atoms with E-state index in [-0.39, 0.29) is 24.5 Å². The number of rotatable bonds is 9. The molecule has 4 rings (SSSR count). The van der Waals surface area contributed by atoms with Crippen LogP contribution in [-0.2, 0) is 9.53 Å². The number of benzene rings is 2. The van der Waals surface area contributed by atoms with Crippen LogP contribution in [0.15, 0.2) is 55.1 Å². The second kappa shape index (κ2) is 11.5. The largest absolute Gasteiger partial charge is 0.490 e. The number of nitrogens with one attached hydrogen (secondary N) is 1. The number of aromatic nitrogens is 3. The summed E-state index contributed by atoms with van der Waals surface area (Å²) in [6.07, 6.45) is 3.10. The van der Waals surface area contributed by atoms with E-state index < -0.39 is 0 Å². The van der Waals surface area contributed by atoms with Crippen LogP contribution in [0.3, 0.4) is 0 Å². The summed E-state index contributed by atoms with van der Waals surface area (Å²) in [6.45, 7) is 6.23. The molecule has 1 atom stereocenters. The zero-order chi connectivity index (χ0) is 24.6. The second-order valence-electron chi connectivity index (χ2n) is 8.00. The maximum Gasteiger partial charge on any atom is 0.260 e. The van der Waals surface area contributed by atoms with Gasteiger partial charge >= 0.3 is 0 Å². The van der Waals surface area contributed by atoms with Gasteiger partial charge in [0.25, 0.3) is 11.8 Å². The molecule has 184 valence electrons. The van der Waals surface area contributed by atoms with Crippen LogP contribution in [0.2, 0.25) is 0 Å². The van der Waals surface area contributed by atoms with Gasteiger partial charge in [0, 0.05) is 18.7 Å². The molecule has 0 radical (unpaired) electrons. The summed E-state index contributed by atoms with van der Waals surface area (Å²) >= 11 is 0. The third-order valence-corrected chi connectivity index (χ3v) is 5.64. The van der Waals surface area contributed by atoms with Gasteiger partial charge in [-0.25, -0.2) is 9.67 Å². The van der Waals surface area contributed by atoms with Crippen molar-refractivity contribution in [2.75, 3.05) is 39.5 Å². The third kappa shape index (κ3) is 6.15. The van der Waals surface area contributed by atoms with Gasteiger partial charge in [0.15, 0.2) is 18.1 Å². The Morgan fingerprint density at radius 1 is 1.09 bits per heavy atom. The Bertz CT molecular complexity index is 1130. The molecule has 1 aliphatic rings. The summed E-state index contributed by atoms with van der Waals surface area (Å²) in [5, 5.41) is 7.12. The van der Waals surface area contributed by atoms with E-state index in [4.69, 9.17) is 14.2 Å². The van der Waals surface area contributed by atoms with Gasteiger partial charge in [-0.05, 0) is 49.7 Å². The zero-order valence-electron chi connectivity index (χ0n) is 19.8. The Balaban J connectivity index is 1.38. The van der Waals surface area contributed by atoms with Gasteiger partial charge in [-0.3, -0.25) is 9.59 Å². The minimum Gasteiger partial charge on any atom is -0.490 e. The van der Waals surface area contributed by atoms with E-state index in [1.807, 2.05) is 38.1 Å². The van der Waals surface area contributed by atoms with Crippen molar-refractivity contribution in [2.45, 2.75) is 19.9 Å². The standard InChI is InChI=1S/C25H29N5O5/c1-3-34-23-14-20(6-9-22(23)35-15-24(31)29-10-12-33-13-11-29)25(32)28-18(2)19-4-7-21(8-5-19)30-17-26-16-27-30/h4-9,14,16-18H,3,10-13,15H2,1-2H3,(H,28,32)/t18-/m1/s1. The molecule has 0 spiro atoms. The Kier molecular flexibility index (Phi) is 7.94. The first-order valence-corrected chi connectivity index (χ1v) is 11.6. The Labute approximate surface area is 203 Å². The van der Waals surface area contributed by atoms with Gasteiger partial charge in [0.1, 0.15) is 12.7 Å². The van der Waals surface area contributed by atoms with Crippen molar-refractivity contribution in [1.82, 2.24) is 25.0 Å². The van der Waals surface area contributed by atoms with Crippen LogP contribution < -0.4 is 14.8 Å². The maximum absolute atomic E-state index is 12.9. The molecule has 2 heterocycles. The molecule has 3 aromatic rings. The van der Waals surface area contributed by atoms with Crippen molar-refractivity contribution in [3.05, 3.63) is 66.2 Å². The lowest BCUT2D eigenvalue weighted by atomic mass is 10.1. The van der Waals surface area contributed by atoms with Gasteiger partial charge in [-0.1, -0.05) is 12.1 Å². The van der Waals surface area contributed by atoms with E-state index >= 15 is 0 Å². The third-order valence-electron chi connectivity index (χ3n) is 5.64. The Morgan fingerprint density at radius 3 is 2.54 bits per heavy atom. The van der Waals surface area contributed by atoms with Crippen molar-refractivity contribution in [3.63, 3.8) is 0 Å². The minimum absolute atomic E-state index is 0.104. The van der Waals surface area contributed by atoms with Gasteiger partial charge in [-0.2, -0.15) is 5.10 Å². The van der Waals surface area contributed by atoms with E-state index in [9.17, 15) is 9.59 Å². The molecule has 1 saturated heterocycles. The number of morpholine rings is 1. The van der Waals surface area contributed by atoms with Gasteiger partial charge < -0.3 is 24.4 Å². The predicted octanol–water partition coefficient (Wildman–Crippen LogP) is 2.39. The van der Waals surface area contributed by atoms with Crippen LogP contribution >= 0.6 is 0 Å². The lowest BCUT2D eigenvalue weighted by Crippen LogP contribution is -2.43. The fourth-order valence-electron chi connectivity index (χ4n) is 3.70. The first-order chi connectivity index (χ1) is 17.0. The van der Waals surface area contributed by atoms with Crippen molar-refractivity contribution in [3.8, 4) is 17.2 Å². The van der Waals surface area contributed by atoms with Crippen molar-refractivity contribution >= 4 is 11.8 Å². The molecule has 10 heteroatoms. The van der Waals surface area contributed by atoms with E-state index in [0.717, 1.165) is 11.3 Å². The van der Waals surface area contributed by atoms with Crippen LogP contribution in [-0.4, -0.2) is 71.0 Å². The number of hydrogen-bond donors (Lipinski definition) is 1. The highest BCUT2D eigenvalue weighted by molar-refractivity contribution is 5.95. The molecule has 35 heavy (non-hydrogen) atoms. The summed E-state index contributed by atoms with van der Waals surface area (Å²) in [5.41, 5.74) is 2.27.